The molecule has 2 heterocycles. The average Bonchev–Trinajstić information content (AvgIpc) is 2.83. The number of carbonyl (C=O) groups excluding carboxylic acids is 2. The first-order valence-corrected chi connectivity index (χ1v) is 12.3. The Balaban J connectivity index is 1.86. The van der Waals surface area contributed by atoms with Crippen LogP contribution in [-0.2, 0) is 32.0 Å². The number of aromatic nitrogens is 2. The first-order valence-electron chi connectivity index (χ1n) is 11.2. The second-order valence-corrected chi connectivity index (χ2v) is 9.67. The van der Waals surface area contributed by atoms with Gasteiger partial charge in [0, 0.05) is 24.1 Å². The number of anilines is 1. The van der Waals surface area contributed by atoms with Gasteiger partial charge in [0.25, 0.3) is 11.3 Å². The van der Waals surface area contributed by atoms with E-state index in [2.05, 4.69) is 9.97 Å². The number of para-hydroxylation sites is 1. The topological polar surface area (TPSA) is 128 Å². The van der Waals surface area contributed by atoms with Crippen molar-refractivity contribution in [3.63, 3.8) is 0 Å². The van der Waals surface area contributed by atoms with E-state index >= 15 is 0 Å². The van der Waals surface area contributed by atoms with Gasteiger partial charge < -0.3 is 19.0 Å². The Labute approximate surface area is 212 Å². The van der Waals surface area contributed by atoms with Gasteiger partial charge in [-0.05, 0) is 44.5 Å². The van der Waals surface area contributed by atoms with Crippen molar-refractivity contribution in [2.24, 2.45) is 0 Å². The SMILES string of the molecule is COc1ccc(N(C(C=O)CC(=O)OC(C)(C)C)S(=O)O)c(OCCc2ccnc3ccccc23)n1. The van der Waals surface area contributed by atoms with E-state index in [-0.39, 0.29) is 24.1 Å². The molecule has 11 heteroatoms. The molecule has 36 heavy (non-hydrogen) atoms. The molecular weight excluding hydrogens is 486 g/mol. The number of carbonyl (C=O) groups is 2. The van der Waals surface area contributed by atoms with Gasteiger partial charge in [-0.2, -0.15) is 4.98 Å². The lowest BCUT2D eigenvalue weighted by Crippen LogP contribution is -2.41. The third kappa shape index (κ3) is 6.98. The molecule has 1 N–H and O–H groups in total. The third-order valence-corrected chi connectivity index (χ3v) is 5.84. The summed E-state index contributed by atoms with van der Waals surface area (Å²) in [5.74, 6) is -0.503. The van der Waals surface area contributed by atoms with Crippen molar-refractivity contribution in [2.75, 3.05) is 18.0 Å². The molecule has 0 spiro atoms. The number of esters is 1. The van der Waals surface area contributed by atoms with Gasteiger partial charge in [-0.3, -0.25) is 18.6 Å². The van der Waals surface area contributed by atoms with Gasteiger partial charge in [-0.15, -0.1) is 0 Å². The number of hydrogen-bond donors (Lipinski definition) is 1. The van der Waals surface area contributed by atoms with Crippen LogP contribution in [0.5, 0.6) is 11.8 Å². The Kier molecular flexibility index (Phi) is 8.94. The summed E-state index contributed by atoms with van der Waals surface area (Å²) < 4.78 is 39.6. The molecule has 2 unspecified atom stereocenters. The summed E-state index contributed by atoms with van der Waals surface area (Å²) in [5.41, 5.74) is 1.13. The highest BCUT2D eigenvalue weighted by Crippen LogP contribution is 2.32. The standard InChI is InChI=1S/C25H29N3O7S/c1-25(2,3)35-23(30)15-18(16-29)28(36(31)32)21-9-10-22(33-4)27-24(21)34-14-12-17-11-13-26-20-8-6-5-7-19(17)20/h5-11,13,16,18H,12,14-15H2,1-4H3,(H,31,32). The van der Waals surface area contributed by atoms with Crippen molar-refractivity contribution in [1.29, 1.82) is 0 Å². The second-order valence-electron chi connectivity index (χ2n) is 8.81. The van der Waals surface area contributed by atoms with Crippen LogP contribution in [0, 0.1) is 0 Å². The number of aldehydes is 1. The molecule has 0 aliphatic carbocycles. The molecule has 0 aliphatic rings. The number of pyridine rings is 2. The quantitative estimate of drug-likeness (QED) is 0.232. The minimum atomic E-state index is -2.68. The smallest absolute Gasteiger partial charge is 0.308 e. The van der Waals surface area contributed by atoms with Crippen LogP contribution >= 0.6 is 0 Å². The van der Waals surface area contributed by atoms with Gasteiger partial charge in [-0.1, -0.05) is 18.2 Å². The fourth-order valence-electron chi connectivity index (χ4n) is 3.55. The van der Waals surface area contributed by atoms with E-state index in [1.54, 1.807) is 27.0 Å². The summed E-state index contributed by atoms with van der Waals surface area (Å²) in [7, 11) is 1.42. The van der Waals surface area contributed by atoms with Crippen LogP contribution < -0.4 is 13.8 Å². The Morgan fingerprint density at radius 3 is 2.61 bits per heavy atom. The van der Waals surface area contributed by atoms with Gasteiger partial charge in [0.05, 0.1) is 25.7 Å². The summed E-state index contributed by atoms with van der Waals surface area (Å²) in [5, 5.41) is 0.985. The third-order valence-electron chi connectivity index (χ3n) is 5.03. The number of methoxy groups -OCH3 is 1. The molecule has 1 aromatic carbocycles. The number of fused-ring (bicyclic) bond motifs is 1. The van der Waals surface area contributed by atoms with Crippen LogP contribution in [0.15, 0.2) is 48.7 Å². The maximum Gasteiger partial charge on any atom is 0.308 e. The highest BCUT2D eigenvalue weighted by atomic mass is 32.2. The van der Waals surface area contributed by atoms with Crippen molar-refractivity contribution >= 4 is 40.1 Å². The highest BCUT2D eigenvalue weighted by molar-refractivity contribution is 7.80. The van der Waals surface area contributed by atoms with Crippen LogP contribution in [0.2, 0.25) is 0 Å². The van der Waals surface area contributed by atoms with Crippen molar-refractivity contribution in [3.8, 4) is 11.8 Å². The highest BCUT2D eigenvalue weighted by Gasteiger charge is 2.31. The number of rotatable bonds is 11. The van der Waals surface area contributed by atoms with Gasteiger partial charge in [0.2, 0.25) is 11.8 Å². The van der Waals surface area contributed by atoms with E-state index in [0.717, 1.165) is 20.8 Å². The zero-order valence-electron chi connectivity index (χ0n) is 20.5. The van der Waals surface area contributed by atoms with E-state index in [1.165, 1.54) is 19.2 Å². The monoisotopic (exact) mass is 515 g/mol. The number of hydrogen-bond acceptors (Lipinski definition) is 8. The van der Waals surface area contributed by atoms with E-state index in [4.69, 9.17) is 14.2 Å². The van der Waals surface area contributed by atoms with Gasteiger partial charge in [-0.25, -0.2) is 4.21 Å². The zero-order valence-corrected chi connectivity index (χ0v) is 21.4. The molecule has 0 amide bonds. The summed E-state index contributed by atoms with van der Waals surface area (Å²) in [6.45, 7) is 5.24. The molecule has 0 radical (unpaired) electrons. The van der Waals surface area contributed by atoms with E-state index in [1.807, 2.05) is 30.3 Å². The second kappa shape index (κ2) is 11.9. The molecule has 0 fully saturated rings. The van der Waals surface area contributed by atoms with E-state index in [9.17, 15) is 18.4 Å². The van der Waals surface area contributed by atoms with Crippen molar-refractivity contribution in [3.05, 3.63) is 54.2 Å². The molecule has 0 aliphatic heterocycles. The van der Waals surface area contributed by atoms with Crippen molar-refractivity contribution in [2.45, 2.75) is 45.3 Å². The Hall–Kier alpha value is -3.57. The fraction of sp³-hybridized carbons (Fsp3) is 0.360. The lowest BCUT2D eigenvalue weighted by atomic mass is 10.1. The lowest BCUT2D eigenvalue weighted by molar-refractivity contribution is -0.155. The maximum atomic E-state index is 12.3. The maximum absolute atomic E-state index is 12.3. The lowest BCUT2D eigenvalue weighted by Gasteiger charge is -2.28. The Bertz CT molecular complexity index is 1240. The molecule has 0 bridgehead atoms. The fourth-order valence-corrected chi connectivity index (χ4v) is 4.22. The van der Waals surface area contributed by atoms with Gasteiger partial charge in [0.15, 0.2) is 0 Å². The summed E-state index contributed by atoms with van der Waals surface area (Å²) in [4.78, 5) is 32.9. The van der Waals surface area contributed by atoms with Crippen LogP contribution in [0.3, 0.4) is 0 Å². The Morgan fingerprint density at radius 2 is 1.94 bits per heavy atom. The molecule has 0 saturated carbocycles. The first kappa shape index (κ1) is 27.0. The molecule has 0 saturated heterocycles. The number of benzene rings is 1. The van der Waals surface area contributed by atoms with Crippen LogP contribution in [0.25, 0.3) is 10.9 Å². The molecule has 3 aromatic rings. The van der Waals surface area contributed by atoms with Gasteiger partial charge >= 0.3 is 5.97 Å². The predicted molar refractivity (Wildman–Crippen MR) is 135 cm³/mol. The molecule has 192 valence electrons. The number of ether oxygens (including phenoxy) is 3. The summed E-state index contributed by atoms with van der Waals surface area (Å²) >= 11 is -2.68. The van der Waals surface area contributed by atoms with Crippen LogP contribution in [0.1, 0.15) is 32.8 Å². The minimum absolute atomic E-state index is 0.0221. The van der Waals surface area contributed by atoms with E-state index in [0.29, 0.717) is 12.7 Å². The normalized spacial score (nSPS) is 13.0. The molecule has 2 atom stereocenters. The summed E-state index contributed by atoms with van der Waals surface area (Å²) in [6, 6.07) is 11.2. The zero-order chi connectivity index (χ0) is 26.3. The van der Waals surface area contributed by atoms with Crippen molar-refractivity contribution < 1.29 is 32.6 Å². The largest absolute Gasteiger partial charge is 0.481 e. The average molecular weight is 516 g/mol. The number of nitrogens with zero attached hydrogens (tertiary/aromatic N) is 3. The van der Waals surface area contributed by atoms with Crippen molar-refractivity contribution in [1.82, 2.24) is 9.97 Å². The summed E-state index contributed by atoms with van der Waals surface area (Å²) in [6.07, 6.45) is 2.18. The van der Waals surface area contributed by atoms with Crippen LogP contribution in [0.4, 0.5) is 5.69 Å². The Morgan fingerprint density at radius 1 is 1.19 bits per heavy atom. The molecule has 2 aromatic heterocycles. The van der Waals surface area contributed by atoms with Gasteiger partial charge in [0.1, 0.15) is 23.6 Å². The van der Waals surface area contributed by atoms with Crippen LogP contribution in [-0.4, -0.2) is 56.3 Å². The molecule has 3 rings (SSSR count). The van der Waals surface area contributed by atoms with E-state index < -0.39 is 35.3 Å². The molecular formula is C25H29N3O7S. The molecule has 10 nitrogen and oxygen atoms in total. The first-order chi connectivity index (χ1) is 17.1. The minimum Gasteiger partial charge on any atom is -0.481 e. The predicted octanol–water partition coefficient (Wildman–Crippen LogP) is 3.50.